The number of carbonyl (C=O) groups is 1. The number of benzene rings is 2. The zero-order chi connectivity index (χ0) is 18.7. The van der Waals surface area contributed by atoms with Crippen molar-refractivity contribution in [1.29, 1.82) is 0 Å². The summed E-state index contributed by atoms with van der Waals surface area (Å²) >= 11 is 0. The van der Waals surface area contributed by atoms with Crippen LogP contribution in [0.5, 0.6) is 17.2 Å². The molecule has 0 bridgehead atoms. The van der Waals surface area contributed by atoms with Crippen molar-refractivity contribution in [3.63, 3.8) is 0 Å². The molecule has 0 saturated heterocycles. The first kappa shape index (κ1) is 18.1. The van der Waals surface area contributed by atoms with E-state index in [-0.39, 0.29) is 12.5 Å². The third-order valence-corrected chi connectivity index (χ3v) is 4.79. The number of rotatable bonds is 6. The quantitative estimate of drug-likeness (QED) is 0.829. The zero-order valence-electron chi connectivity index (χ0n) is 15.2. The Morgan fingerprint density at radius 1 is 1.12 bits per heavy atom. The van der Waals surface area contributed by atoms with Gasteiger partial charge in [0.2, 0.25) is 5.75 Å². The van der Waals surface area contributed by atoms with Gasteiger partial charge in [0.05, 0.1) is 27.9 Å². The minimum atomic E-state index is -1.05. The topological polar surface area (TPSA) is 77.0 Å². The van der Waals surface area contributed by atoms with E-state index in [4.69, 9.17) is 14.2 Å². The van der Waals surface area contributed by atoms with Crippen LogP contribution in [-0.4, -0.2) is 38.9 Å². The molecule has 1 aliphatic rings. The maximum atomic E-state index is 12.6. The summed E-state index contributed by atoms with van der Waals surface area (Å²) in [5.41, 5.74) is 1.32. The summed E-state index contributed by atoms with van der Waals surface area (Å²) in [5.74, 6) is 0.917. The van der Waals surface area contributed by atoms with Gasteiger partial charge in [0.1, 0.15) is 5.60 Å². The summed E-state index contributed by atoms with van der Waals surface area (Å²) in [6.07, 6.45) is 1.38. The number of hydrogen-bond donors (Lipinski definition) is 2. The number of nitrogens with one attached hydrogen (secondary N) is 1. The molecule has 0 spiro atoms. The second-order valence-corrected chi connectivity index (χ2v) is 6.29. The van der Waals surface area contributed by atoms with E-state index in [1.165, 1.54) is 21.3 Å². The highest BCUT2D eigenvalue weighted by Gasteiger charge is 2.36. The normalized spacial score (nSPS) is 18.2. The lowest BCUT2D eigenvalue weighted by Crippen LogP contribution is -2.39. The number of carbonyl (C=O) groups excluding carboxylic acids is 1. The Morgan fingerprint density at radius 3 is 2.38 bits per heavy atom. The first-order valence-corrected chi connectivity index (χ1v) is 8.41. The Bertz CT molecular complexity index is 795. The lowest BCUT2D eigenvalue weighted by atomic mass is 9.96. The predicted octanol–water partition coefficient (Wildman–Crippen LogP) is 2.28. The van der Waals surface area contributed by atoms with E-state index in [2.05, 4.69) is 5.32 Å². The minimum Gasteiger partial charge on any atom is -0.493 e. The van der Waals surface area contributed by atoms with Gasteiger partial charge in [-0.25, -0.2) is 0 Å². The van der Waals surface area contributed by atoms with Crippen LogP contribution in [0.4, 0.5) is 0 Å². The van der Waals surface area contributed by atoms with Crippen molar-refractivity contribution in [2.24, 2.45) is 0 Å². The van der Waals surface area contributed by atoms with Crippen LogP contribution in [0.15, 0.2) is 36.4 Å². The summed E-state index contributed by atoms with van der Waals surface area (Å²) < 4.78 is 15.8. The molecule has 6 heteroatoms. The van der Waals surface area contributed by atoms with Gasteiger partial charge in [0, 0.05) is 5.56 Å². The summed E-state index contributed by atoms with van der Waals surface area (Å²) in [5, 5.41) is 13.8. The lowest BCUT2D eigenvalue weighted by Gasteiger charge is -2.24. The second-order valence-electron chi connectivity index (χ2n) is 6.29. The van der Waals surface area contributed by atoms with Crippen LogP contribution in [-0.2, 0) is 12.0 Å². The predicted molar refractivity (Wildman–Crippen MR) is 97.1 cm³/mol. The average molecular weight is 357 g/mol. The van der Waals surface area contributed by atoms with Gasteiger partial charge in [-0.15, -0.1) is 0 Å². The molecule has 0 fully saturated rings. The number of amides is 1. The molecular formula is C20H23NO5. The zero-order valence-corrected chi connectivity index (χ0v) is 15.2. The van der Waals surface area contributed by atoms with Crippen molar-refractivity contribution in [2.75, 3.05) is 27.9 Å². The Balaban J connectivity index is 1.79. The second kappa shape index (κ2) is 7.25. The molecule has 1 amide bonds. The van der Waals surface area contributed by atoms with Crippen molar-refractivity contribution in [3.8, 4) is 17.2 Å². The van der Waals surface area contributed by atoms with Crippen LogP contribution >= 0.6 is 0 Å². The highest BCUT2D eigenvalue weighted by molar-refractivity contribution is 5.95. The minimum absolute atomic E-state index is 0.138. The van der Waals surface area contributed by atoms with Crippen molar-refractivity contribution < 1.29 is 24.1 Å². The highest BCUT2D eigenvalue weighted by Crippen LogP contribution is 2.39. The van der Waals surface area contributed by atoms with E-state index in [1.807, 2.05) is 24.3 Å². The average Bonchev–Trinajstić information content (AvgIpc) is 3.02. The third kappa shape index (κ3) is 3.20. The van der Waals surface area contributed by atoms with Crippen LogP contribution in [0.2, 0.25) is 0 Å². The molecule has 6 nitrogen and oxygen atoms in total. The van der Waals surface area contributed by atoms with Crippen molar-refractivity contribution in [3.05, 3.63) is 53.1 Å². The highest BCUT2D eigenvalue weighted by atomic mass is 16.5. The van der Waals surface area contributed by atoms with Gasteiger partial charge in [-0.1, -0.05) is 24.3 Å². The molecule has 26 heavy (non-hydrogen) atoms. The molecule has 1 atom stereocenters. The fourth-order valence-corrected chi connectivity index (χ4v) is 3.39. The summed E-state index contributed by atoms with van der Waals surface area (Å²) in [6.45, 7) is 0.138. The Hall–Kier alpha value is -2.73. The molecule has 1 aliphatic carbocycles. The molecule has 138 valence electrons. The van der Waals surface area contributed by atoms with Gasteiger partial charge in [0.25, 0.3) is 5.91 Å². The molecule has 2 N–H and O–H groups in total. The number of aliphatic hydroxyl groups is 1. The molecule has 3 rings (SSSR count). The standard InChI is InChI=1S/C20H23NO5/c1-24-16-10-14(11-17(25-2)18(16)26-3)19(22)21-12-20(23)9-8-13-6-4-5-7-15(13)20/h4-7,10-11,23H,8-9,12H2,1-3H3,(H,21,22). The van der Waals surface area contributed by atoms with Gasteiger partial charge < -0.3 is 24.6 Å². The Labute approximate surface area is 152 Å². The van der Waals surface area contributed by atoms with E-state index < -0.39 is 5.60 Å². The summed E-state index contributed by atoms with van der Waals surface area (Å²) in [4.78, 5) is 12.6. The first-order valence-electron chi connectivity index (χ1n) is 8.41. The van der Waals surface area contributed by atoms with Crippen LogP contribution in [0.1, 0.15) is 27.9 Å². The van der Waals surface area contributed by atoms with E-state index in [9.17, 15) is 9.90 Å². The molecule has 0 aliphatic heterocycles. The Kier molecular flexibility index (Phi) is 5.04. The molecule has 0 aromatic heterocycles. The van der Waals surface area contributed by atoms with Gasteiger partial charge in [-0.2, -0.15) is 0 Å². The molecular weight excluding hydrogens is 334 g/mol. The fourth-order valence-electron chi connectivity index (χ4n) is 3.39. The molecule has 0 heterocycles. The SMILES string of the molecule is COc1cc(C(=O)NCC2(O)CCc3ccccc32)cc(OC)c1OC. The van der Waals surface area contributed by atoms with Gasteiger partial charge >= 0.3 is 0 Å². The monoisotopic (exact) mass is 357 g/mol. The van der Waals surface area contributed by atoms with E-state index in [1.54, 1.807) is 12.1 Å². The lowest BCUT2D eigenvalue weighted by molar-refractivity contribution is 0.0369. The molecule has 0 saturated carbocycles. The molecule has 2 aromatic rings. The fraction of sp³-hybridized carbons (Fsp3) is 0.350. The molecule has 0 radical (unpaired) electrons. The maximum absolute atomic E-state index is 12.6. The van der Waals surface area contributed by atoms with E-state index >= 15 is 0 Å². The van der Waals surface area contributed by atoms with Crippen LogP contribution in [0, 0.1) is 0 Å². The van der Waals surface area contributed by atoms with Crippen LogP contribution in [0.25, 0.3) is 0 Å². The van der Waals surface area contributed by atoms with Crippen LogP contribution in [0.3, 0.4) is 0 Å². The van der Waals surface area contributed by atoms with E-state index in [0.717, 1.165) is 17.5 Å². The number of methoxy groups -OCH3 is 3. The summed E-state index contributed by atoms with van der Waals surface area (Å²) in [6, 6.07) is 10.9. The summed E-state index contributed by atoms with van der Waals surface area (Å²) in [7, 11) is 4.50. The molecule has 2 aromatic carbocycles. The van der Waals surface area contributed by atoms with Crippen LogP contribution < -0.4 is 19.5 Å². The van der Waals surface area contributed by atoms with E-state index in [0.29, 0.717) is 29.2 Å². The molecule has 1 unspecified atom stereocenters. The largest absolute Gasteiger partial charge is 0.493 e. The maximum Gasteiger partial charge on any atom is 0.251 e. The third-order valence-electron chi connectivity index (χ3n) is 4.79. The van der Waals surface area contributed by atoms with Gasteiger partial charge in [-0.3, -0.25) is 4.79 Å². The number of aryl methyl sites for hydroxylation is 1. The van der Waals surface area contributed by atoms with Crippen molar-refractivity contribution >= 4 is 5.91 Å². The number of fused-ring (bicyclic) bond motifs is 1. The van der Waals surface area contributed by atoms with Crippen molar-refractivity contribution in [1.82, 2.24) is 5.32 Å². The first-order chi connectivity index (χ1) is 12.5. The number of ether oxygens (including phenoxy) is 3. The smallest absolute Gasteiger partial charge is 0.251 e. The van der Waals surface area contributed by atoms with Gasteiger partial charge in [0.15, 0.2) is 11.5 Å². The van der Waals surface area contributed by atoms with Gasteiger partial charge in [-0.05, 0) is 36.1 Å². The Morgan fingerprint density at radius 2 is 1.77 bits per heavy atom. The van der Waals surface area contributed by atoms with Crippen molar-refractivity contribution in [2.45, 2.75) is 18.4 Å². The number of hydrogen-bond acceptors (Lipinski definition) is 5.